The number of hydrogen-bond acceptors (Lipinski definition) is 3. The lowest BCUT2D eigenvalue weighted by atomic mass is 10.1. The maximum absolute atomic E-state index is 4.87. The number of imidazole rings is 1. The summed E-state index contributed by atoms with van der Waals surface area (Å²) in [5, 5.41) is 0. The Bertz CT molecular complexity index is 594. The number of pyridine rings is 1. The van der Waals surface area contributed by atoms with Crippen molar-refractivity contribution in [2.45, 2.75) is 45.2 Å². The van der Waals surface area contributed by atoms with E-state index >= 15 is 0 Å². The van der Waals surface area contributed by atoms with Gasteiger partial charge in [0.05, 0.1) is 6.04 Å². The number of likely N-dealkylation sites (tertiary alicyclic amines) is 1. The van der Waals surface area contributed by atoms with Gasteiger partial charge in [0.15, 0.2) is 5.65 Å². The Balaban J connectivity index is 2.23. The van der Waals surface area contributed by atoms with E-state index in [1.165, 1.54) is 18.7 Å². The van der Waals surface area contributed by atoms with Crippen LogP contribution in [0.1, 0.15) is 45.5 Å². The van der Waals surface area contributed by atoms with Crippen LogP contribution in [0.15, 0.2) is 18.3 Å². The van der Waals surface area contributed by atoms with Crippen LogP contribution in [0.3, 0.4) is 0 Å². The SMILES string of the molecule is CN1CCCC1c1nc2cccnc2n1C(C)(C)C. The van der Waals surface area contributed by atoms with Crippen molar-refractivity contribution in [3.63, 3.8) is 0 Å². The van der Waals surface area contributed by atoms with Gasteiger partial charge in [-0.15, -0.1) is 0 Å². The maximum atomic E-state index is 4.87. The van der Waals surface area contributed by atoms with Crippen LogP contribution in [-0.4, -0.2) is 33.0 Å². The molecule has 1 unspecified atom stereocenters. The average molecular weight is 258 g/mol. The third-order valence-corrected chi connectivity index (χ3v) is 3.93. The second-order valence-corrected chi connectivity index (χ2v) is 6.46. The smallest absolute Gasteiger partial charge is 0.160 e. The summed E-state index contributed by atoms with van der Waals surface area (Å²) in [7, 11) is 2.19. The Morgan fingerprint density at radius 3 is 2.74 bits per heavy atom. The lowest BCUT2D eigenvalue weighted by Crippen LogP contribution is -2.29. The van der Waals surface area contributed by atoms with Gasteiger partial charge in [-0.25, -0.2) is 9.97 Å². The molecule has 0 saturated carbocycles. The first-order valence-electron chi connectivity index (χ1n) is 7.02. The van der Waals surface area contributed by atoms with E-state index in [1.807, 2.05) is 12.3 Å². The highest BCUT2D eigenvalue weighted by Crippen LogP contribution is 2.34. The monoisotopic (exact) mass is 258 g/mol. The molecule has 0 N–H and O–H groups in total. The molecule has 102 valence electrons. The number of hydrogen-bond donors (Lipinski definition) is 0. The highest BCUT2D eigenvalue weighted by molar-refractivity contribution is 5.71. The largest absolute Gasteiger partial charge is 0.306 e. The van der Waals surface area contributed by atoms with Crippen molar-refractivity contribution in [2.24, 2.45) is 0 Å². The Morgan fingerprint density at radius 1 is 1.32 bits per heavy atom. The topological polar surface area (TPSA) is 34.0 Å². The Labute approximate surface area is 114 Å². The molecule has 0 spiro atoms. The van der Waals surface area contributed by atoms with Crippen LogP contribution >= 0.6 is 0 Å². The van der Waals surface area contributed by atoms with Crippen molar-refractivity contribution >= 4 is 11.2 Å². The molecular formula is C15H22N4. The summed E-state index contributed by atoms with van der Waals surface area (Å²) in [6.07, 6.45) is 4.30. The molecule has 3 heterocycles. The molecule has 2 aromatic heterocycles. The van der Waals surface area contributed by atoms with Gasteiger partial charge in [0.2, 0.25) is 0 Å². The fourth-order valence-electron chi connectivity index (χ4n) is 3.05. The van der Waals surface area contributed by atoms with Gasteiger partial charge in [-0.3, -0.25) is 4.90 Å². The van der Waals surface area contributed by atoms with E-state index in [4.69, 9.17) is 4.98 Å². The number of nitrogens with zero attached hydrogens (tertiary/aromatic N) is 4. The van der Waals surface area contributed by atoms with Crippen molar-refractivity contribution in [3.05, 3.63) is 24.2 Å². The summed E-state index contributed by atoms with van der Waals surface area (Å²) >= 11 is 0. The van der Waals surface area contributed by atoms with E-state index in [0.717, 1.165) is 17.7 Å². The molecule has 1 aliphatic heterocycles. The second-order valence-electron chi connectivity index (χ2n) is 6.46. The molecular weight excluding hydrogens is 236 g/mol. The molecule has 4 nitrogen and oxygen atoms in total. The predicted octanol–water partition coefficient (Wildman–Crippen LogP) is 2.95. The van der Waals surface area contributed by atoms with Gasteiger partial charge in [-0.1, -0.05) is 0 Å². The van der Waals surface area contributed by atoms with Gasteiger partial charge in [0, 0.05) is 11.7 Å². The van der Waals surface area contributed by atoms with Gasteiger partial charge >= 0.3 is 0 Å². The molecule has 19 heavy (non-hydrogen) atoms. The molecule has 0 aliphatic carbocycles. The fourth-order valence-corrected chi connectivity index (χ4v) is 3.05. The van der Waals surface area contributed by atoms with Crippen molar-refractivity contribution in [3.8, 4) is 0 Å². The van der Waals surface area contributed by atoms with Crippen LogP contribution in [0.25, 0.3) is 11.2 Å². The number of fused-ring (bicyclic) bond motifs is 1. The van der Waals surface area contributed by atoms with E-state index in [0.29, 0.717) is 6.04 Å². The van der Waals surface area contributed by atoms with Crippen molar-refractivity contribution < 1.29 is 0 Å². The van der Waals surface area contributed by atoms with E-state index in [9.17, 15) is 0 Å². The first-order valence-corrected chi connectivity index (χ1v) is 7.02. The van der Waals surface area contributed by atoms with Gasteiger partial charge in [0.25, 0.3) is 0 Å². The van der Waals surface area contributed by atoms with Crippen molar-refractivity contribution in [2.75, 3.05) is 13.6 Å². The third-order valence-electron chi connectivity index (χ3n) is 3.93. The van der Waals surface area contributed by atoms with E-state index in [2.05, 4.69) is 48.3 Å². The third kappa shape index (κ3) is 2.04. The quantitative estimate of drug-likeness (QED) is 0.788. The summed E-state index contributed by atoms with van der Waals surface area (Å²) in [5.41, 5.74) is 2.01. The zero-order chi connectivity index (χ0) is 13.6. The highest BCUT2D eigenvalue weighted by Gasteiger charge is 2.31. The van der Waals surface area contributed by atoms with Crippen molar-refractivity contribution in [1.82, 2.24) is 19.4 Å². The first kappa shape index (κ1) is 12.6. The summed E-state index contributed by atoms with van der Waals surface area (Å²) in [6, 6.07) is 4.45. The van der Waals surface area contributed by atoms with Crippen LogP contribution in [0.2, 0.25) is 0 Å². The second kappa shape index (κ2) is 4.30. The van der Waals surface area contributed by atoms with Crippen LogP contribution in [-0.2, 0) is 5.54 Å². The molecule has 1 fully saturated rings. The minimum atomic E-state index is 0.00185. The molecule has 2 aromatic rings. The fraction of sp³-hybridized carbons (Fsp3) is 0.600. The van der Waals surface area contributed by atoms with Crippen LogP contribution < -0.4 is 0 Å². The summed E-state index contributed by atoms with van der Waals surface area (Å²) in [4.78, 5) is 11.8. The zero-order valence-corrected chi connectivity index (χ0v) is 12.2. The highest BCUT2D eigenvalue weighted by atomic mass is 15.2. The van der Waals surface area contributed by atoms with Gasteiger partial charge < -0.3 is 4.57 Å². The van der Waals surface area contributed by atoms with E-state index < -0.39 is 0 Å². The van der Waals surface area contributed by atoms with Gasteiger partial charge in [-0.2, -0.15) is 0 Å². The van der Waals surface area contributed by atoms with Crippen LogP contribution in [0.4, 0.5) is 0 Å². The molecule has 3 rings (SSSR count). The summed E-state index contributed by atoms with van der Waals surface area (Å²) in [6.45, 7) is 7.83. The Morgan fingerprint density at radius 2 is 2.11 bits per heavy atom. The zero-order valence-electron chi connectivity index (χ0n) is 12.2. The van der Waals surface area contributed by atoms with E-state index in [1.54, 1.807) is 0 Å². The summed E-state index contributed by atoms with van der Waals surface area (Å²) in [5.74, 6) is 1.17. The summed E-state index contributed by atoms with van der Waals surface area (Å²) < 4.78 is 2.31. The lowest BCUT2D eigenvalue weighted by Gasteiger charge is -2.28. The average Bonchev–Trinajstić information content (AvgIpc) is 2.90. The molecule has 0 aromatic carbocycles. The molecule has 0 bridgehead atoms. The molecule has 0 amide bonds. The number of aromatic nitrogens is 3. The molecule has 0 radical (unpaired) electrons. The first-order chi connectivity index (χ1) is 8.98. The van der Waals surface area contributed by atoms with Crippen LogP contribution in [0, 0.1) is 0 Å². The lowest BCUT2D eigenvalue weighted by molar-refractivity contribution is 0.279. The Kier molecular flexibility index (Phi) is 2.86. The van der Waals surface area contributed by atoms with Gasteiger partial charge in [0.1, 0.15) is 11.3 Å². The predicted molar refractivity (Wildman–Crippen MR) is 77.1 cm³/mol. The molecule has 1 saturated heterocycles. The normalized spacial score (nSPS) is 21.4. The van der Waals surface area contributed by atoms with Gasteiger partial charge in [-0.05, 0) is 59.3 Å². The van der Waals surface area contributed by atoms with Crippen molar-refractivity contribution in [1.29, 1.82) is 0 Å². The van der Waals surface area contributed by atoms with Crippen LogP contribution in [0.5, 0.6) is 0 Å². The molecule has 1 atom stereocenters. The molecule has 1 aliphatic rings. The Hall–Kier alpha value is -1.42. The maximum Gasteiger partial charge on any atom is 0.160 e. The minimum absolute atomic E-state index is 0.00185. The number of rotatable bonds is 1. The standard InChI is InChI=1S/C15H22N4/c1-15(2,3)19-13-11(7-5-9-16-13)17-14(19)12-8-6-10-18(12)4/h5,7,9,12H,6,8,10H2,1-4H3. The minimum Gasteiger partial charge on any atom is -0.306 e. The van der Waals surface area contributed by atoms with E-state index in [-0.39, 0.29) is 5.54 Å². The molecule has 4 heteroatoms.